The molecule has 3 unspecified atom stereocenters. The average Bonchev–Trinajstić information content (AvgIpc) is 3.35. The lowest BCUT2D eigenvalue weighted by molar-refractivity contribution is -0.163. The van der Waals surface area contributed by atoms with Gasteiger partial charge in [-0.1, -0.05) is 18.2 Å². The molecule has 2 saturated heterocycles. The van der Waals surface area contributed by atoms with Gasteiger partial charge in [-0.3, -0.25) is 4.79 Å². The summed E-state index contributed by atoms with van der Waals surface area (Å²) in [5, 5.41) is 15.3. The number of rotatable bonds is 3. The monoisotopic (exact) mass is 504 g/mol. The van der Waals surface area contributed by atoms with Gasteiger partial charge in [-0.05, 0) is 93.1 Å². The van der Waals surface area contributed by atoms with Crippen molar-refractivity contribution in [2.45, 2.75) is 76.0 Å². The van der Waals surface area contributed by atoms with Crippen molar-refractivity contribution in [3.05, 3.63) is 36.5 Å². The van der Waals surface area contributed by atoms with Gasteiger partial charge in [0, 0.05) is 50.0 Å². The normalized spacial score (nSPS) is 35.8. The molecule has 1 aromatic heterocycles. The molecule has 198 valence electrons. The molecule has 0 spiro atoms. The number of piperidine rings is 2. The Hall–Kier alpha value is -2.54. The van der Waals surface area contributed by atoms with Crippen LogP contribution in [0.15, 0.2) is 36.5 Å². The molecule has 3 heterocycles. The Bertz CT molecular complexity index is 1170. The van der Waals surface area contributed by atoms with Crippen molar-refractivity contribution in [1.29, 1.82) is 0 Å². The van der Waals surface area contributed by atoms with Gasteiger partial charge in [-0.2, -0.15) is 0 Å². The predicted molar refractivity (Wildman–Crippen MR) is 142 cm³/mol. The predicted octanol–water partition coefficient (Wildman–Crippen LogP) is 4.17. The first-order valence-electron chi connectivity index (χ1n) is 14.6. The second-order valence-corrected chi connectivity index (χ2v) is 12.8. The Morgan fingerprint density at radius 1 is 0.919 bits per heavy atom. The van der Waals surface area contributed by atoms with Gasteiger partial charge in [0.05, 0.1) is 11.5 Å². The summed E-state index contributed by atoms with van der Waals surface area (Å²) in [7, 11) is 0. The minimum atomic E-state index is -0.285. The van der Waals surface area contributed by atoms with Crippen molar-refractivity contribution in [1.82, 2.24) is 19.7 Å². The van der Waals surface area contributed by atoms with Crippen molar-refractivity contribution in [2.24, 2.45) is 23.2 Å². The van der Waals surface area contributed by atoms with Gasteiger partial charge in [-0.25, -0.2) is 4.79 Å². The van der Waals surface area contributed by atoms with E-state index in [1.54, 1.807) is 0 Å². The maximum Gasteiger partial charge on any atom is 0.320 e. The average molecular weight is 505 g/mol. The number of urea groups is 1. The van der Waals surface area contributed by atoms with Crippen LogP contribution in [0.5, 0.6) is 0 Å². The van der Waals surface area contributed by atoms with E-state index in [-0.39, 0.29) is 29.5 Å². The van der Waals surface area contributed by atoms with Gasteiger partial charge in [0.25, 0.3) is 0 Å². The van der Waals surface area contributed by atoms with Gasteiger partial charge in [0.15, 0.2) is 0 Å². The van der Waals surface area contributed by atoms with Crippen LogP contribution in [0.2, 0.25) is 0 Å². The standard InChI is InChI=1S/C30H40N4O3/c35-27-22-14-20-15-23(27)18-30(16-20,17-22)28(36)31-24-5-3-10-33(19-24)29(37)32-11-8-25(9-12-32)34-13-7-21-4-1-2-6-26(21)34/h1-2,4,6-7,13,20,22-25,27,35H,3,5,8-12,14-19H2,(H,31,36)/t20?,22-,23?,24+,27?,30+/m1/s1. The van der Waals surface area contributed by atoms with E-state index in [0.29, 0.717) is 30.3 Å². The summed E-state index contributed by atoms with van der Waals surface area (Å²) >= 11 is 0. The quantitative estimate of drug-likeness (QED) is 0.659. The minimum absolute atomic E-state index is 0.0342. The zero-order valence-corrected chi connectivity index (χ0v) is 21.7. The lowest BCUT2D eigenvalue weighted by Crippen LogP contribution is -2.61. The van der Waals surface area contributed by atoms with Crippen LogP contribution in [-0.2, 0) is 4.79 Å². The van der Waals surface area contributed by atoms with Crippen molar-refractivity contribution < 1.29 is 14.7 Å². The molecule has 3 amide bonds. The smallest absolute Gasteiger partial charge is 0.320 e. The number of amides is 3. The van der Waals surface area contributed by atoms with Gasteiger partial charge in [0.1, 0.15) is 0 Å². The zero-order chi connectivity index (χ0) is 25.1. The largest absolute Gasteiger partial charge is 0.393 e. The van der Waals surface area contributed by atoms with E-state index < -0.39 is 0 Å². The summed E-state index contributed by atoms with van der Waals surface area (Å²) in [6, 6.07) is 11.3. The first kappa shape index (κ1) is 23.6. The highest BCUT2D eigenvalue weighted by atomic mass is 16.3. The van der Waals surface area contributed by atoms with E-state index in [1.165, 1.54) is 10.9 Å². The van der Waals surface area contributed by atoms with Crippen LogP contribution in [0.3, 0.4) is 0 Å². The molecule has 0 radical (unpaired) electrons. The third kappa shape index (κ3) is 4.05. The van der Waals surface area contributed by atoms with E-state index in [2.05, 4.69) is 46.4 Å². The summed E-state index contributed by atoms with van der Waals surface area (Å²) in [5.74, 6) is 1.39. The SMILES string of the molecule is O=C(N1CCC(n2ccc3ccccc32)CC1)N1CCC[C@H](NC(=O)[C@]23CC4CC(C2)C(O)[C@H](C4)C3)C1. The second-order valence-electron chi connectivity index (χ2n) is 12.8. The van der Waals surface area contributed by atoms with Crippen molar-refractivity contribution in [3.63, 3.8) is 0 Å². The number of hydrogen-bond donors (Lipinski definition) is 2. The maximum atomic E-state index is 13.6. The van der Waals surface area contributed by atoms with Crippen LogP contribution in [0, 0.1) is 23.2 Å². The number of carbonyl (C=O) groups excluding carboxylic acids is 2. The number of fused-ring (bicyclic) bond motifs is 1. The number of hydrogen-bond acceptors (Lipinski definition) is 3. The number of aliphatic hydroxyl groups is 1. The van der Waals surface area contributed by atoms with E-state index >= 15 is 0 Å². The number of benzene rings is 1. The molecular formula is C30H40N4O3. The topological polar surface area (TPSA) is 77.8 Å². The van der Waals surface area contributed by atoms with E-state index in [4.69, 9.17) is 0 Å². The summed E-state index contributed by atoms with van der Waals surface area (Å²) in [5.41, 5.74) is 0.988. The molecule has 6 atom stereocenters. The van der Waals surface area contributed by atoms with Crippen LogP contribution < -0.4 is 5.32 Å². The van der Waals surface area contributed by atoms with E-state index in [0.717, 1.165) is 77.4 Å². The Kier molecular flexibility index (Phi) is 5.76. The van der Waals surface area contributed by atoms with Gasteiger partial charge in [0.2, 0.25) is 5.91 Å². The number of nitrogens with one attached hydrogen (secondary N) is 1. The van der Waals surface area contributed by atoms with Crippen molar-refractivity contribution in [2.75, 3.05) is 26.2 Å². The van der Waals surface area contributed by atoms with Crippen LogP contribution in [0.25, 0.3) is 10.9 Å². The molecule has 4 saturated carbocycles. The molecule has 7 heteroatoms. The van der Waals surface area contributed by atoms with Crippen LogP contribution in [0.4, 0.5) is 4.79 Å². The Balaban J connectivity index is 0.954. The first-order valence-corrected chi connectivity index (χ1v) is 14.6. The molecule has 2 aliphatic heterocycles. The zero-order valence-electron chi connectivity index (χ0n) is 21.7. The first-order chi connectivity index (χ1) is 18.0. The van der Waals surface area contributed by atoms with Gasteiger partial charge >= 0.3 is 6.03 Å². The molecule has 2 aromatic rings. The third-order valence-corrected chi connectivity index (χ3v) is 10.5. The molecule has 4 aliphatic carbocycles. The lowest BCUT2D eigenvalue weighted by Gasteiger charge is -2.58. The Morgan fingerprint density at radius 2 is 1.68 bits per heavy atom. The summed E-state index contributed by atoms with van der Waals surface area (Å²) in [6.07, 6.45) is 10.6. The number of para-hydroxylation sites is 1. The number of aliphatic hydroxyl groups excluding tert-OH is 1. The number of nitrogens with zero attached hydrogens (tertiary/aromatic N) is 3. The molecule has 8 rings (SSSR count). The van der Waals surface area contributed by atoms with Crippen LogP contribution in [0.1, 0.15) is 63.8 Å². The number of aromatic nitrogens is 1. The molecule has 37 heavy (non-hydrogen) atoms. The maximum absolute atomic E-state index is 13.6. The van der Waals surface area contributed by atoms with Gasteiger partial charge in [-0.15, -0.1) is 0 Å². The molecule has 6 aliphatic rings. The second kappa shape index (κ2) is 9.04. The van der Waals surface area contributed by atoms with Crippen molar-refractivity contribution in [3.8, 4) is 0 Å². The van der Waals surface area contributed by atoms with Crippen LogP contribution in [-0.4, -0.2) is 69.7 Å². The fraction of sp³-hybridized carbons (Fsp3) is 0.667. The summed E-state index contributed by atoms with van der Waals surface area (Å²) < 4.78 is 2.38. The molecule has 1 aromatic carbocycles. The molecular weight excluding hydrogens is 464 g/mol. The summed E-state index contributed by atoms with van der Waals surface area (Å²) in [4.78, 5) is 31.0. The highest BCUT2D eigenvalue weighted by Gasteiger charge is 2.58. The van der Waals surface area contributed by atoms with E-state index in [1.807, 2.05) is 9.80 Å². The van der Waals surface area contributed by atoms with Gasteiger partial charge < -0.3 is 24.8 Å². The minimum Gasteiger partial charge on any atom is -0.393 e. The third-order valence-electron chi connectivity index (χ3n) is 10.5. The number of carbonyl (C=O) groups is 2. The molecule has 6 fully saturated rings. The lowest BCUT2D eigenvalue weighted by atomic mass is 9.48. The summed E-state index contributed by atoms with van der Waals surface area (Å²) in [6.45, 7) is 2.94. The number of likely N-dealkylation sites (tertiary alicyclic amines) is 2. The molecule has 2 N–H and O–H groups in total. The molecule has 7 nitrogen and oxygen atoms in total. The van der Waals surface area contributed by atoms with E-state index in [9.17, 15) is 14.7 Å². The Morgan fingerprint density at radius 3 is 2.46 bits per heavy atom. The highest BCUT2D eigenvalue weighted by Crippen LogP contribution is 2.60. The highest BCUT2D eigenvalue weighted by molar-refractivity contribution is 5.84. The fourth-order valence-corrected chi connectivity index (χ4v) is 8.84. The van der Waals surface area contributed by atoms with Crippen LogP contribution >= 0.6 is 0 Å². The fourth-order valence-electron chi connectivity index (χ4n) is 8.84. The Labute approximate surface area is 219 Å². The van der Waals surface area contributed by atoms with Crippen molar-refractivity contribution >= 4 is 22.8 Å². The molecule has 4 bridgehead atoms.